The second kappa shape index (κ2) is 12.9. The summed E-state index contributed by atoms with van der Waals surface area (Å²) >= 11 is 0. The van der Waals surface area contributed by atoms with Crippen LogP contribution in [0.1, 0.15) is 0 Å². The lowest BCUT2D eigenvalue weighted by molar-refractivity contribution is 0.380. The Labute approximate surface area is 282 Å². The van der Waals surface area contributed by atoms with Gasteiger partial charge in [0.1, 0.15) is 11.4 Å². The molecule has 5 aromatic carbocycles. The van der Waals surface area contributed by atoms with E-state index in [0.29, 0.717) is 0 Å². The Morgan fingerprint density at radius 3 is 0.593 bits per heavy atom. The maximum Gasteiger partial charge on any atom is 0.200 e. The topological polar surface area (TPSA) is 25.8 Å². The Morgan fingerprint density at radius 2 is 0.389 bits per heavy atom. The van der Waals surface area contributed by atoms with Gasteiger partial charge in [0.15, 0.2) is 93.1 Å². The van der Waals surface area contributed by atoms with Crippen molar-refractivity contribution in [2.24, 2.45) is 0 Å². The largest absolute Gasteiger partial charge is 0.244 e. The van der Waals surface area contributed by atoms with Crippen molar-refractivity contribution in [1.29, 1.82) is 0 Å². The molecule has 0 aliphatic heterocycles. The third-order valence-electron chi connectivity index (χ3n) is 7.66. The Kier molecular flexibility index (Phi) is 9.00. The van der Waals surface area contributed by atoms with Crippen LogP contribution >= 0.6 is 0 Å². The number of benzene rings is 5. The fourth-order valence-corrected chi connectivity index (χ4v) is 5.17. The van der Waals surface area contributed by atoms with Gasteiger partial charge in [-0.05, 0) is 23.3 Å². The molecule has 0 spiro atoms. The number of nitrogens with zero attached hydrogens (tertiary/aromatic N) is 2. The van der Waals surface area contributed by atoms with Gasteiger partial charge in [0.25, 0.3) is 0 Å². The van der Waals surface area contributed by atoms with Crippen LogP contribution in [0.2, 0.25) is 0 Å². The van der Waals surface area contributed by atoms with Gasteiger partial charge in [-0.1, -0.05) is 0 Å². The van der Waals surface area contributed by atoms with Crippen molar-refractivity contribution in [2.75, 3.05) is 0 Å². The molecule has 280 valence electrons. The molecule has 0 fully saturated rings. The molecular weight excluding hydrogens is 792 g/mol. The van der Waals surface area contributed by atoms with Gasteiger partial charge in [0, 0.05) is 0 Å². The van der Waals surface area contributed by atoms with Gasteiger partial charge in [0.05, 0.1) is 33.3 Å². The van der Waals surface area contributed by atoms with Crippen LogP contribution < -0.4 is 0 Å². The Balaban J connectivity index is 1.91. The van der Waals surface area contributed by atoms with Crippen molar-refractivity contribution in [2.45, 2.75) is 0 Å². The molecule has 1 aromatic heterocycles. The summed E-state index contributed by atoms with van der Waals surface area (Å²) in [7, 11) is 0. The first-order valence-corrected chi connectivity index (χ1v) is 13.6. The summed E-state index contributed by atoms with van der Waals surface area (Å²) in [5.41, 5.74) is -19.8. The quantitative estimate of drug-likeness (QED) is 0.101. The van der Waals surface area contributed by atoms with E-state index in [1.807, 2.05) is 0 Å². The molecule has 54 heavy (non-hydrogen) atoms. The van der Waals surface area contributed by atoms with Crippen LogP contribution in [0.4, 0.5) is 87.8 Å². The number of hydrogen-bond donors (Lipinski definition) is 0. The first-order chi connectivity index (χ1) is 25.1. The number of rotatable bonds is 4. The van der Waals surface area contributed by atoms with Crippen molar-refractivity contribution < 1.29 is 87.8 Å². The summed E-state index contributed by atoms with van der Waals surface area (Å²) in [5.74, 6) is -57.4. The molecule has 0 radical (unpaired) electrons. The summed E-state index contributed by atoms with van der Waals surface area (Å²) in [6, 6.07) is -0.266. The van der Waals surface area contributed by atoms with Crippen molar-refractivity contribution in [1.82, 2.24) is 9.97 Å². The SMILES string of the molecule is Fc1c(F)c(F)c(-c2cc3nc(-c4c(F)c(F)c(F)c(F)c4F)c(-c4c(F)c(F)c(F)c(F)c4F)nc3cc2-c2c(F)c(F)c(F)c(F)c2F)c(F)c1F. The second-order valence-electron chi connectivity index (χ2n) is 10.6. The van der Waals surface area contributed by atoms with E-state index in [-0.39, 0.29) is 12.1 Å². The number of halogens is 20. The molecule has 0 aliphatic carbocycles. The van der Waals surface area contributed by atoms with E-state index in [0.717, 1.165) is 0 Å². The summed E-state index contributed by atoms with van der Waals surface area (Å²) in [6.07, 6.45) is 0. The van der Waals surface area contributed by atoms with Gasteiger partial charge < -0.3 is 0 Å². The van der Waals surface area contributed by atoms with Gasteiger partial charge in [-0.3, -0.25) is 0 Å². The molecule has 0 unspecified atom stereocenters. The average Bonchev–Trinajstić information content (AvgIpc) is 3.15. The van der Waals surface area contributed by atoms with E-state index in [2.05, 4.69) is 9.97 Å². The third-order valence-corrected chi connectivity index (χ3v) is 7.66. The molecule has 0 amide bonds. The van der Waals surface area contributed by atoms with E-state index in [1.54, 1.807) is 0 Å². The first-order valence-electron chi connectivity index (χ1n) is 13.6. The van der Waals surface area contributed by atoms with Crippen LogP contribution in [0.25, 0.3) is 55.8 Å². The fraction of sp³-hybridized carbons (Fsp3) is 0. The maximum atomic E-state index is 15.1. The number of aromatic nitrogens is 2. The molecule has 0 bridgehead atoms. The normalized spacial score (nSPS) is 11.7. The predicted octanol–water partition coefficient (Wildman–Crippen LogP) is 11.1. The standard InChI is InChI=1S/C32H2F20N2/c33-11-7(12(34)20(42)27(49)19(11)41)3-1-5-6(2-4(3)8-13(35)21(43)28(50)22(44)14(8)36)54-32(10-17(39)25(47)30(52)26(48)18(10)40)31(53-5)9-15(37)23(45)29(51)24(46)16(9)38/h1-2H. The zero-order valence-corrected chi connectivity index (χ0v) is 24.6. The minimum Gasteiger partial charge on any atom is -0.244 e. The van der Waals surface area contributed by atoms with Crippen molar-refractivity contribution in [3.8, 4) is 44.8 Å². The van der Waals surface area contributed by atoms with E-state index >= 15 is 35.1 Å². The van der Waals surface area contributed by atoms with E-state index in [4.69, 9.17) is 0 Å². The molecule has 2 nitrogen and oxygen atoms in total. The lowest BCUT2D eigenvalue weighted by atomic mass is 9.91. The highest BCUT2D eigenvalue weighted by Crippen LogP contribution is 2.45. The van der Waals surface area contributed by atoms with Crippen molar-refractivity contribution >= 4 is 11.0 Å². The van der Waals surface area contributed by atoms with Crippen LogP contribution in [0.3, 0.4) is 0 Å². The van der Waals surface area contributed by atoms with Crippen LogP contribution in [0.15, 0.2) is 12.1 Å². The monoisotopic (exact) mass is 794 g/mol. The lowest BCUT2D eigenvalue weighted by Crippen LogP contribution is -2.10. The lowest BCUT2D eigenvalue weighted by Gasteiger charge is -2.18. The number of fused-ring (bicyclic) bond motifs is 1. The maximum absolute atomic E-state index is 15.1. The van der Waals surface area contributed by atoms with E-state index in [1.165, 1.54) is 0 Å². The highest BCUT2D eigenvalue weighted by atomic mass is 19.2. The minimum absolute atomic E-state index is 0.133. The van der Waals surface area contributed by atoms with Crippen molar-refractivity contribution in [3.05, 3.63) is 128 Å². The Hall–Kier alpha value is -5.96. The van der Waals surface area contributed by atoms with Gasteiger partial charge in [-0.2, -0.15) is 0 Å². The van der Waals surface area contributed by atoms with Crippen LogP contribution in [0, 0.1) is 116 Å². The predicted molar refractivity (Wildman–Crippen MR) is 140 cm³/mol. The summed E-state index contributed by atoms with van der Waals surface area (Å²) in [4.78, 5) is 6.57. The molecule has 22 heteroatoms. The number of hydrogen-bond acceptors (Lipinski definition) is 2. The molecule has 0 atom stereocenters. The van der Waals surface area contributed by atoms with Gasteiger partial charge in [-0.15, -0.1) is 0 Å². The second-order valence-corrected chi connectivity index (χ2v) is 10.6. The van der Waals surface area contributed by atoms with Crippen LogP contribution in [0.5, 0.6) is 0 Å². The van der Waals surface area contributed by atoms with E-state index in [9.17, 15) is 52.7 Å². The molecular formula is C32H2F20N2. The molecule has 0 aliphatic rings. The van der Waals surface area contributed by atoms with Gasteiger partial charge in [0.2, 0.25) is 23.3 Å². The molecule has 0 saturated heterocycles. The summed E-state index contributed by atoms with van der Waals surface area (Å²) < 4.78 is 291. The highest BCUT2D eigenvalue weighted by Gasteiger charge is 2.36. The van der Waals surface area contributed by atoms with Crippen LogP contribution in [-0.4, -0.2) is 9.97 Å². The molecule has 1 heterocycles. The zero-order valence-electron chi connectivity index (χ0n) is 24.6. The van der Waals surface area contributed by atoms with Crippen LogP contribution in [-0.2, 0) is 0 Å². The highest BCUT2D eigenvalue weighted by molar-refractivity contribution is 5.96. The summed E-state index contributed by atoms with van der Waals surface area (Å²) in [5, 5.41) is 0. The third kappa shape index (κ3) is 5.20. The van der Waals surface area contributed by atoms with Gasteiger partial charge in [-0.25, -0.2) is 97.8 Å². The molecule has 6 aromatic rings. The van der Waals surface area contributed by atoms with E-state index < -0.39 is 172 Å². The smallest absolute Gasteiger partial charge is 0.200 e. The molecule has 6 rings (SSSR count). The fourth-order valence-electron chi connectivity index (χ4n) is 5.17. The zero-order chi connectivity index (χ0) is 40.1. The first kappa shape index (κ1) is 37.8. The average molecular weight is 794 g/mol. The summed E-state index contributed by atoms with van der Waals surface area (Å²) in [6.45, 7) is 0. The van der Waals surface area contributed by atoms with Gasteiger partial charge >= 0.3 is 0 Å². The Morgan fingerprint density at radius 1 is 0.222 bits per heavy atom. The molecule has 0 N–H and O–H groups in total. The van der Waals surface area contributed by atoms with Crippen molar-refractivity contribution in [3.63, 3.8) is 0 Å². The molecule has 0 saturated carbocycles. The minimum atomic E-state index is -2.92. The Bertz CT molecular complexity index is 2200.